The maximum Gasteiger partial charge on any atom is 0.416 e. The van der Waals surface area contributed by atoms with E-state index in [2.05, 4.69) is 4.98 Å². The van der Waals surface area contributed by atoms with E-state index in [9.17, 15) is 23.1 Å². The van der Waals surface area contributed by atoms with Gasteiger partial charge in [-0.05, 0) is 32.0 Å². The van der Waals surface area contributed by atoms with Crippen LogP contribution in [0.5, 0.6) is 0 Å². The highest BCUT2D eigenvalue weighted by atomic mass is 32.1. The average molecular weight is 340 g/mol. The molecule has 1 amide bonds. The zero-order valence-corrected chi connectivity index (χ0v) is 12.9. The lowest BCUT2D eigenvalue weighted by Crippen LogP contribution is -2.49. The lowest BCUT2D eigenvalue weighted by Gasteiger charge is -2.29. The molecule has 1 aromatic heterocycles. The van der Waals surface area contributed by atoms with E-state index in [1.54, 1.807) is 6.92 Å². The Kier molecular flexibility index (Phi) is 4.74. The number of halogens is 3. The first-order chi connectivity index (χ1) is 9.70. The van der Waals surface area contributed by atoms with E-state index in [0.29, 0.717) is 10.4 Å². The molecule has 0 aliphatic carbocycles. The summed E-state index contributed by atoms with van der Waals surface area (Å²) >= 11 is 6.21. The van der Waals surface area contributed by atoms with Gasteiger partial charge in [-0.25, -0.2) is 0 Å². The molecule has 2 unspecified atom stereocenters. The number of H-pyrrole nitrogens is 1. The van der Waals surface area contributed by atoms with Crippen molar-refractivity contribution >= 4 is 29.5 Å². The number of nitrogens with one attached hydrogen (secondary N) is 1. The van der Waals surface area contributed by atoms with Gasteiger partial charge >= 0.3 is 6.18 Å². The lowest BCUT2D eigenvalue weighted by molar-refractivity contribution is -0.219. The molecule has 1 aliphatic rings. The van der Waals surface area contributed by atoms with Crippen LogP contribution in [0, 0.1) is 10.9 Å². The fraction of sp³-hybridized carbons (Fsp3) is 0.667. The van der Waals surface area contributed by atoms with Crippen molar-refractivity contribution in [2.45, 2.75) is 44.5 Å². The number of aryl methyl sites for hydroxylation is 1. The molecule has 2 N–H and O–H groups in total. The molecule has 4 nitrogen and oxygen atoms in total. The third-order valence-corrected chi connectivity index (χ3v) is 4.89. The predicted octanol–water partition coefficient (Wildman–Crippen LogP) is 2.57. The molecular formula is C12H15F3N2O2S2. The van der Waals surface area contributed by atoms with Gasteiger partial charge in [0.15, 0.2) is 10.1 Å². The fourth-order valence-electron chi connectivity index (χ4n) is 2.49. The minimum absolute atomic E-state index is 0.00468. The Morgan fingerprint density at radius 2 is 2.29 bits per heavy atom. The van der Waals surface area contributed by atoms with Crippen LogP contribution in [-0.2, 0) is 11.2 Å². The SMILES string of the molecule is Cc1[nH]c(=S)sc1CC(=O)N1CCCC1C(O)C(F)(F)F. The summed E-state index contributed by atoms with van der Waals surface area (Å²) in [6.07, 6.45) is -6.58. The monoisotopic (exact) mass is 340 g/mol. The number of nitrogens with zero attached hydrogens (tertiary/aromatic N) is 1. The van der Waals surface area contributed by atoms with Crippen molar-refractivity contribution in [2.75, 3.05) is 6.54 Å². The van der Waals surface area contributed by atoms with Gasteiger partial charge in [-0.3, -0.25) is 4.79 Å². The number of carbonyl (C=O) groups is 1. The van der Waals surface area contributed by atoms with Gasteiger partial charge in [0.1, 0.15) is 0 Å². The summed E-state index contributed by atoms with van der Waals surface area (Å²) in [7, 11) is 0. The standard InChI is InChI=1S/C12H15F3N2O2S2/c1-6-8(21-11(20)16-6)5-9(18)17-4-2-3-7(17)10(19)12(13,14)15/h7,10,19H,2-5H2,1H3,(H,16,20). The van der Waals surface area contributed by atoms with Gasteiger partial charge in [0.25, 0.3) is 0 Å². The summed E-state index contributed by atoms with van der Waals surface area (Å²) in [6, 6.07) is -1.19. The van der Waals surface area contributed by atoms with Crippen molar-refractivity contribution in [3.8, 4) is 0 Å². The fourth-order valence-corrected chi connectivity index (χ4v) is 3.78. The summed E-state index contributed by atoms with van der Waals surface area (Å²) in [5, 5.41) is 9.39. The van der Waals surface area contributed by atoms with Gasteiger partial charge in [0.2, 0.25) is 5.91 Å². The van der Waals surface area contributed by atoms with Crippen LogP contribution in [0.3, 0.4) is 0 Å². The third kappa shape index (κ3) is 3.64. The van der Waals surface area contributed by atoms with Crippen LogP contribution in [0.4, 0.5) is 13.2 Å². The van der Waals surface area contributed by atoms with E-state index in [0.717, 1.165) is 15.5 Å². The largest absolute Gasteiger partial charge is 0.416 e. The number of rotatable bonds is 3. The number of hydrogen-bond donors (Lipinski definition) is 2. The molecule has 1 fully saturated rings. The molecule has 2 rings (SSSR count). The number of carbonyl (C=O) groups excluding carboxylic acids is 1. The molecule has 0 radical (unpaired) electrons. The van der Waals surface area contributed by atoms with E-state index in [-0.39, 0.29) is 19.4 Å². The van der Waals surface area contributed by atoms with E-state index in [1.807, 2.05) is 0 Å². The topological polar surface area (TPSA) is 56.3 Å². The minimum atomic E-state index is -4.71. The Morgan fingerprint density at radius 3 is 2.81 bits per heavy atom. The second-order valence-corrected chi connectivity index (χ2v) is 6.79. The maximum atomic E-state index is 12.6. The molecule has 1 saturated heterocycles. The number of alkyl halides is 3. The van der Waals surface area contributed by atoms with Crippen molar-refractivity contribution in [2.24, 2.45) is 0 Å². The summed E-state index contributed by atoms with van der Waals surface area (Å²) in [6.45, 7) is 2.01. The van der Waals surface area contributed by atoms with Crippen LogP contribution in [0.1, 0.15) is 23.4 Å². The number of aromatic amines is 1. The maximum absolute atomic E-state index is 12.6. The zero-order chi connectivity index (χ0) is 15.8. The van der Waals surface area contributed by atoms with Crippen molar-refractivity contribution in [3.63, 3.8) is 0 Å². The zero-order valence-electron chi connectivity index (χ0n) is 11.2. The van der Waals surface area contributed by atoms with Gasteiger partial charge in [-0.1, -0.05) is 0 Å². The van der Waals surface area contributed by atoms with Crippen molar-refractivity contribution in [3.05, 3.63) is 14.5 Å². The predicted molar refractivity (Wildman–Crippen MR) is 74.7 cm³/mol. The highest BCUT2D eigenvalue weighted by molar-refractivity contribution is 7.73. The number of hydrogen-bond acceptors (Lipinski definition) is 4. The third-order valence-electron chi connectivity index (χ3n) is 3.55. The van der Waals surface area contributed by atoms with Crippen LogP contribution in [0.15, 0.2) is 0 Å². The second kappa shape index (κ2) is 6.05. The van der Waals surface area contributed by atoms with Crippen molar-refractivity contribution in [1.29, 1.82) is 0 Å². The van der Waals surface area contributed by atoms with Crippen LogP contribution in [-0.4, -0.2) is 45.8 Å². The Morgan fingerprint density at radius 1 is 1.62 bits per heavy atom. The molecular weight excluding hydrogens is 325 g/mol. The highest BCUT2D eigenvalue weighted by Crippen LogP contribution is 2.31. The summed E-state index contributed by atoms with van der Waals surface area (Å²) in [5.74, 6) is -0.408. The summed E-state index contributed by atoms with van der Waals surface area (Å²) in [5.41, 5.74) is 0.755. The first-order valence-electron chi connectivity index (χ1n) is 6.43. The molecule has 2 atom stereocenters. The number of thiazole rings is 1. The Balaban J connectivity index is 2.11. The van der Waals surface area contributed by atoms with Crippen LogP contribution >= 0.6 is 23.6 Å². The molecule has 2 heterocycles. The summed E-state index contributed by atoms with van der Waals surface area (Å²) in [4.78, 5) is 17.0. The lowest BCUT2D eigenvalue weighted by atomic mass is 10.1. The Hall–Kier alpha value is -0.930. The average Bonchev–Trinajstić information content (AvgIpc) is 2.94. The quantitative estimate of drug-likeness (QED) is 0.832. The number of aliphatic hydroxyl groups is 1. The van der Waals surface area contributed by atoms with Crippen LogP contribution in [0.25, 0.3) is 0 Å². The molecule has 0 aromatic carbocycles. The van der Waals surface area contributed by atoms with E-state index in [1.165, 1.54) is 11.3 Å². The van der Waals surface area contributed by atoms with Gasteiger partial charge in [0, 0.05) is 17.1 Å². The molecule has 9 heteroatoms. The molecule has 21 heavy (non-hydrogen) atoms. The first-order valence-corrected chi connectivity index (χ1v) is 7.65. The van der Waals surface area contributed by atoms with Crippen LogP contribution < -0.4 is 0 Å². The first kappa shape index (κ1) is 16.4. The van der Waals surface area contributed by atoms with Gasteiger partial charge in [-0.2, -0.15) is 13.2 Å². The Labute approximate surface area is 128 Å². The molecule has 0 bridgehead atoms. The Bertz CT molecular complexity index is 582. The van der Waals surface area contributed by atoms with Gasteiger partial charge in [-0.15, -0.1) is 11.3 Å². The summed E-state index contributed by atoms with van der Waals surface area (Å²) < 4.78 is 38.4. The normalized spacial score (nSPS) is 20.8. The highest BCUT2D eigenvalue weighted by Gasteiger charge is 2.48. The van der Waals surface area contributed by atoms with Crippen LogP contribution in [0.2, 0.25) is 0 Å². The molecule has 1 aromatic rings. The number of aromatic nitrogens is 1. The number of likely N-dealkylation sites (tertiary alicyclic amines) is 1. The van der Waals surface area contributed by atoms with Gasteiger partial charge in [0.05, 0.1) is 12.5 Å². The second-order valence-electron chi connectivity index (χ2n) is 5.02. The molecule has 1 aliphatic heterocycles. The smallest absolute Gasteiger partial charge is 0.382 e. The van der Waals surface area contributed by atoms with E-state index >= 15 is 0 Å². The molecule has 118 valence electrons. The molecule has 0 spiro atoms. The minimum Gasteiger partial charge on any atom is -0.382 e. The van der Waals surface area contributed by atoms with E-state index in [4.69, 9.17) is 12.2 Å². The van der Waals surface area contributed by atoms with Crippen molar-refractivity contribution in [1.82, 2.24) is 9.88 Å². The van der Waals surface area contributed by atoms with Crippen molar-refractivity contribution < 1.29 is 23.1 Å². The van der Waals surface area contributed by atoms with E-state index < -0.39 is 24.2 Å². The molecule has 0 saturated carbocycles. The van der Waals surface area contributed by atoms with Gasteiger partial charge < -0.3 is 15.0 Å². The number of aliphatic hydroxyl groups excluding tert-OH is 1. The number of amides is 1.